The van der Waals surface area contributed by atoms with E-state index in [9.17, 15) is 13.2 Å². The zero-order valence-electron chi connectivity index (χ0n) is 14.9. The molecule has 3 rings (SSSR count). The molecule has 2 saturated heterocycles. The van der Waals surface area contributed by atoms with Gasteiger partial charge in [-0.05, 0) is 43.7 Å². The van der Waals surface area contributed by atoms with Crippen LogP contribution in [0.15, 0.2) is 29.2 Å². The number of piperidine rings is 2. The Morgan fingerprint density at radius 2 is 1.85 bits per heavy atom. The third-order valence-electron chi connectivity index (χ3n) is 5.05. The maximum atomic E-state index is 12.9. The summed E-state index contributed by atoms with van der Waals surface area (Å²) in [4.78, 5) is 12.5. The van der Waals surface area contributed by atoms with Crippen molar-refractivity contribution in [3.05, 3.63) is 29.3 Å². The van der Waals surface area contributed by atoms with Gasteiger partial charge in [0, 0.05) is 32.6 Å². The lowest BCUT2D eigenvalue weighted by Gasteiger charge is -2.33. The quantitative estimate of drug-likeness (QED) is 0.826. The fraction of sp³-hybridized carbons (Fsp3) is 0.611. The number of carbonyl (C=O) groups is 1. The molecular weight excluding hydrogens is 374 g/mol. The number of benzene rings is 1. The van der Waals surface area contributed by atoms with E-state index in [2.05, 4.69) is 5.43 Å². The van der Waals surface area contributed by atoms with E-state index in [1.165, 1.54) is 16.8 Å². The topological polar surface area (TPSA) is 69.7 Å². The van der Waals surface area contributed by atoms with Crippen LogP contribution in [-0.2, 0) is 14.8 Å². The summed E-state index contributed by atoms with van der Waals surface area (Å²) in [5.74, 6) is 0.0136. The molecule has 0 bridgehead atoms. The Kier molecular flexibility index (Phi) is 6.55. The van der Waals surface area contributed by atoms with Crippen molar-refractivity contribution in [1.82, 2.24) is 14.7 Å². The summed E-state index contributed by atoms with van der Waals surface area (Å²) < 4.78 is 27.2. The Morgan fingerprint density at radius 3 is 2.58 bits per heavy atom. The highest BCUT2D eigenvalue weighted by Gasteiger charge is 2.32. The first-order chi connectivity index (χ1) is 12.5. The number of amides is 1. The van der Waals surface area contributed by atoms with Crippen LogP contribution in [-0.4, -0.2) is 49.8 Å². The normalized spacial score (nSPS) is 22.9. The minimum atomic E-state index is -3.63. The van der Waals surface area contributed by atoms with E-state index in [-0.39, 0.29) is 21.7 Å². The number of nitrogens with one attached hydrogen (secondary N) is 1. The van der Waals surface area contributed by atoms with Gasteiger partial charge in [-0.1, -0.05) is 30.2 Å². The number of nitrogens with zero attached hydrogens (tertiary/aromatic N) is 2. The van der Waals surface area contributed by atoms with E-state index in [0.29, 0.717) is 19.5 Å². The molecular formula is C18H26ClN3O3S. The van der Waals surface area contributed by atoms with Gasteiger partial charge in [-0.15, -0.1) is 0 Å². The average Bonchev–Trinajstić information content (AvgIpc) is 2.63. The maximum absolute atomic E-state index is 12.9. The fourth-order valence-electron chi connectivity index (χ4n) is 3.69. The fourth-order valence-corrected chi connectivity index (χ4v) is 5.74. The number of halogens is 1. The molecule has 0 aliphatic carbocycles. The molecule has 8 heteroatoms. The van der Waals surface area contributed by atoms with Crippen molar-refractivity contribution >= 4 is 27.5 Å². The van der Waals surface area contributed by atoms with Crippen LogP contribution >= 0.6 is 11.6 Å². The van der Waals surface area contributed by atoms with Gasteiger partial charge >= 0.3 is 0 Å². The average molecular weight is 400 g/mol. The molecule has 1 amide bonds. The van der Waals surface area contributed by atoms with Gasteiger partial charge in [0.15, 0.2) is 0 Å². The summed E-state index contributed by atoms with van der Waals surface area (Å²) in [7, 11) is -3.63. The second-order valence-electron chi connectivity index (χ2n) is 7.09. The lowest BCUT2D eigenvalue weighted by atomic mass is 9.96. The standard InChI is InChI=1S/C18H26ClN3O3S/c19-16-8-2-3-9-17(16)26(24,25)22-12-6-7-15(14-22)13-18(23)20-21-10-4-1-5-11-21/h2-3,8-9,15H,1,4-7,10-14H2,(H,20,23). The first-order valence-corrected chi connectivity index (χ1v) is 11.1. The van der Waals surface area contributed by atoms with Crippen molar-refractivity contribution < 1.29 is 13.2 Å². The van der Waals surface area contributed by atoms with Crippen molar-refractivity contribution in [1.29, 1.82) is 0 Å². The molecule has 2 aliphatic rings. The lowest BCUT2D eigenvalue weighted by Crippen LogP contribution is -2.47. The molecule has 1 aromatic carbocycles. The first-order valence-electron chi connectivity index (χ1n) is 9.26. The van der Waals surface area contributed by atoms with E-state index >= 15 is 0 Å². The lowest BCUT2D eigenvalue weighted by molar-refractivity contribution is -0.127. The highest BCUT2D eigenvalue weighted by molar-refractivity contribution is 7.89. The first kappa shape index (κ1) is 19.6. The largest absolute Gasteiger partial charge is 0.289 e. The van der Waals surface area contributed by atoms with E-state index in [0.717, 1.165) is 38.8 Å². The Hall–Kier alpha value is -1.15. The summed E-state index contributed by atoms with van der Waals surface area (Å²) >= 11 is 6.08. The van der Waals surface area contributed by atoms with Crippen molar-refractivity contribution in [3.63, 3.8) is 0 Å². The Morgan fingerprint density at radius 1 is 1.12 bits per heavy atom. The molecule has 2 heterocycles. The Balaban J connectivity index is 1.60. The Labute approximate surface area is 160 Å². The monoisotopic (exact) mass is 399 g/mol. The van der Waals surface area contributed by atoms with Crippen LogP contribution in [0.4, 0.5) is 0 Å². The molecule has 26 heavy (non-hydrogen) atoms. The smallest absolute Gasteiger partial charge is 0.244 e. The number of carbonyl (C=O) groups excluding carboxylic acids is 1. The van der Waals surface area contributed by atoms with Gasteiger partial charge in [-0.3, -0.25) is 10.2 Å². The van der Waals surface area contributed by atoms with Gasteiger partial charge in [0.25, 0.3) is 0 Å². The summed E-state index contributed by atoms with van der Waals surface area (Å²) in [5, 5.41) is 2.21. The van der Waals surface area contributed by atoms with Crippen LogP contribution in [0.25, 0.3) is 0 Å². The number of sulfonamides is 1. The predicted octanol–water partition coefficient (Wildman–Crippen LogP) is 2.65. The van der Waals surface area contributed by atoms with E-state index in [4.69, 9.17) is 11.6 Å². The van der Waals surface area contributed by atoms with Crippen molar-refractivity contribution in [2.75, 3.05) is 26.2 Å². The zero-order chi connectivity index (χ0) is 18.6. The van der Waals surface area contributed by atoms with Gasteiger partial charge in [0.2, 0.25) is 15.9 Å². The summed E-state index contributed by atoms with van der Waals surface area (Å²) in [6, 6.07) is 6.50. The molecule has 144 valence electrons. The van der Waals surface area contributed by atoms with E-state index in [1.807, 2.05) is 5.01 Å². The number of hydrogen-bond acceptors (Lipinski definition) is 4. The van der Waals surface area contributed by atoms with Crippen molar-refractivity contribution in [3.8, 4) is 0 Å². The summed E-state index contributed by atoms with van der Waals surface area (Å²) in [6.07, 6.45) is 5.39. The second-order valence-corrected chi connectivity index (χ2v) is 9.40. The molecule has 0 aromatic heterocycles. The minimum Gasteiger partial charge on any atom is -0.289 e. The molecule has 0 spiro atoms. The highest BCUT2D eigenvalue weighted by atomic mass is 35.5. The molecule has 1 N–H and O–H groups in total. The summed E-state index contributed by atoms with van der Waals surface area (Å²) in [5.41, 5.74) is 2.97. The third kappa shape index (κ3) is 4.76. The number of hydrogen-bond donors (Lipinski definition) is 1. The Bertz CT molecular complexity index is 735. The number of hydrazine groups is 1. The molecule has 0 radical (unpaired) electrons. The molecule has 2 fully saturated rings. The molecule has 2 aliphatic heterocycles. The molecule has 6 nitrogen and oxygen atoms in total. The van der Waals surface area contributed by atoms with Crippen molar-refractivity contribution in [2.24, 2.45) is 5.92 Å². The minimum absolute atomic E-state index is 0.0195. The van der Waals surface area contributed by atoms with Gasteiger partial charge in [-0.25, -0.2) is 13.4 Å². The SMILES string of the molecule is O=C(CC1CCCN(S(=O)(=O)c2ccccc2Cl)C1)NN1CCCCC1. The molecule has 1 aromatic rings. The van der Waals surface area contributed by atoms with Crippen LogP contribution in [0.3, 0.4) is 0 Å². The maximum Gasteiger partial charge on any atom is 0.244 e. The van der Waals surface area contributed by atoms with E-state index in [1.54, 1.807) is 18.2 Å². The molecule has 0 saturated carbocycles. The van der Waals surface area contributed by atoms with Crippen LogP contribution in [0.2, 0.25) is 5.02 Å². The van der Waals surface area contributed by atoms with Gasteiger partial charge in [0.05, 0.1) is 5.02 Å². The summed E-state index contributed by atoms with van der Waals surface area (Å²) in [6.45, 7) is 2.62. The molecule has 1 unspecified atom stereocenters. The van der Waals surface area contributed by atoms with Gasteiger partial charge in [0.1, 0.15) is 4.90 Å². The van der Waals surface area contributed by atoms with Gasteiger partial charge < -0.3 is 0 Å². The third-order valence-corrected chi connectivity index (χ3v) is 7.41. The predicted molar refractivity (Wildman–Crippen MR) is 101 cm³/mol. The van der Waals surface area contributed by atoms with E-state index < -0.39 is 10.0 Å². The number of rotatable bonds is 5. The molecule has 1 atom stereocenters. The van der Waals surface area contributed by atoms with Crippen LogP contribution < -0.4 is 5.43 Å². The highest BCUT2D eigenvalue weighted by Crippen LogP contribution is 2.29. The van der Waals surface area contributed by atoms with Gasteiger partial charge in [-0.2, -0.15) is 4.31 Å². The second kappa shape index (κ2) is 8.69. The van der Waals surface area contributed by atoms with Crippen LogP contribution in [0.5, 0.6) is 0 Å². The van der Waals surface area contributed by atoms with Crippen molar-refractivity contribution in [2.45, 2.75) is 43.4 Å². The van der Waals surface area contributed by atoms with Crippen LogP contribution in [0.1, 0.15) is 38.5 Å². The van der Waals surface area contributed by atoms with Crippen LogP contribution in [0, 0.1) is 5.92 Å². The zero-order valence-corrected chi connectivity index (χ0v) is 16.4.